The lowest BCUT2D eigenvalue weighted by Gasteiger charge is -2.23. The van der Waals surface area contributed by atoms with Crippen molar-refractivity contribution in [2.45, 2.75) is 32.8 Å². The highest BCUT2D eigenvalue weighted by molar-refractivity contribution is 5.75. The normalized spacial score (nSPS) is 30.5. The SMILES string of the molecule is CCC1(C(=O)O)CCN(CC(C)O)C1. The van der Waals surface area contributed by atoms with Gasteiger partial charge in [-0.3, -0.25) is 9.69 Å². The maximum absolute atomic E-state index is 11.1. The summed E-state index contributed by atoms with van der Waals surface area (Å²) in [6.07, 6.45) is 0.987. The van der Waals surface area contributed by atoms with E-state index in [4.69, 9.17) is 5.11 Å². The van der Waals surface area contributed by atoms with E-state index in [9.17, 15) is 9.90 Å². The number of nitrogens with zero attached hydrogens (tertiary/aromatic N) is 1. The Morgan fingerprint density at radius 3 is 2.64 bits per heavy atom. The van der Waals surface area contributed by atoms with E-state index in [0.29, 0.717) is 25.9 Å². The Bertz CT molecular complexity index is 217. The number of aliphatic carboxylic acids is 1. The van der Waals surface area contributed by atoms with Crippen LogP contribution in [-0.4, -0.2) is 46.8 Å². The molecule has 1 rings (SSSR count). The fraction of sp³-hybridized carbons (Fsp3) is 0.900. The molecule has 2 N–H and O–H groups in total. The average molecular weight is 201 g/mol. The first-order chi connectivity index (χ1) is 6.50. The molecule has 2 atom stereocenters. The first kappa shape index (κ1) is 11.5. The number of aliphatic hydroxyl groups excluding tert-OH is 1. The quantitative estimate of drug-likeness (QED) is 0.697. The van der Waals surface area contributed by atoms with Crippen molar-refractivity contribution < 1.29 is 15.0 Å². The fourth-order valence-corrected chi connectivity index (χ4v) is 2.10. The number of likely N-dealkylation sites (tertiary alicyclic amines) is 1. The van der Waals surface area contributed by atoms with Gasteiger partial charge in [0.1, 0.15) is 0 Å². The summed E-state index contributed by atoms with van der Waals surface area (Å²) in [5.41, 5.74) is -0.575. The summed E-state index contributed by atoms with van der Waals surface area (Å²) in [6, 6.07) is 0. The molecule has 1 aliphatic rings. The molecule has 1 heterocycles. The maximum Gasteiger partial charge on any atom is 0.310 e. The van der Waals surface area contributed by atoms with Crippen molar-refractivity contribution >= 4 is 5.97 Å². The first-order valence-corrected chi connectivity index (χ1v) is 5.14. The molecule has 0 saturated carbocycles. The topological polar surface area (TPSA) is 60.8 Å². The number of carboxylic acids is 1. The van der Waals surface area contributed by atoms with Crippen molar-refractivity contribution in [3.63, 3.8) is 0 Å². The van der Waals surface area contributed by atoms with Crippen LogP contribution in [0.2, 0.25) is 0 Å². The van der Waals surface area contributed by atoms with Crippen LogP contribution in [0.3, 0.4) is 0 Å². The largest absolute Gasteiger partial charge is 0.481 e. The van der Waals surface area contributed by atoms with Crippen molar-refractivity contribution in [1.82, 2.24) is 4.90 Å². The molecule has 2 unspecified atom stereocenters. The molecule has 0 radical (unpaired) electrons. The number of hydrogen-bond donors (Lipinski definition) is 2. The summed E-state index contributed by atoms with van der Waals surface area (Å²) in [6.45, 7) is 5.58. The Hall–Kier alpha value is -0.610. The van der Waals surface area contributed by atoms with E-state index in [-0.39, 0.29) is 6.10 Å². The minimum atomic E-state index is -0.701. The zero-order valence-corrected chi connectivity index (χ0v) is 8.86. The molecular weight excluding hydrogens is 182 g/mol. The van der Waals surface area contributed by atoms with Crippen molar-refractivity contribution in [3.05, 3.63) is 0 Å². The molecule has 0 spiro atoms. The van der Waals surface area contributed by atoms with E-state index in [0.717, 1.165) is 6.54 Å². The van der Waals surface area contributed by atoms with Crippen LogP contribution in [-0.2, 0) is 4.79 Å². The molecule has 1 aliphatic heterocycles. The van der Waals surface area contributed by atoms with Gasteiger partial charge in [-0.15, -0.1) is 0 Å². The highest BCUT2D eigenvalue weighted by Gasteiger charge is 2.43. The highest BCUT2D eigenvalue weighted by atomic mass is 16.4. The lowest BCUT2D eigenvalue weighted by atomic mass is 9.84. The summed E-state index contributed by atoms with van der Waals surface area (Å²) in [4.78, 5) is 13.1. The first-order valence-electron chi connectivity index (χ1n) is 5.14. The zero-order chi connectivity index (χ0) is 10.8. The van der Waals surface area contributed by atoms with Gasteiger partial charge in [0.05, 0.1) is 11.5 Å². The predicted octanol–water partition coefficient (Wildman–Crippen LogP) is 0.554. The lowest BCUT2D eigenvalue weighted by Crippen LogP contribution is -2.36. The molecule has 1 saturated heterocycles. The van der Waals surface area contributed by atoms with Crippen LogP contribution < -0.4 is 0 Å². The minimum absolute atomic E-state index is 0.378. The van der Waals surface area contributed by atoms with E-state index in [1.807, 2.05) is 11.8 Å². The van der Waals surface area contributed by atoms with E-state index in [1.54, 1.807) is 6.92 Å². The molecule has 0 aromatic rings. The predicted molar refractivity (Wildman–Crippen MR) is 53.1 cm³/mol. The Morgan fingerprint density at radius 2 is 2.29 bits per heavy atom. The number of rotatable bonds is 4. The van der Waals surface area contributed by atoms with Crippen LogP contribution in [0.1, 0.15) is 26.7 Å². The van der Waals surface area contributed by atoms with Gasteiger partial charge in [0.25, 0.3) is 0 Å². The highest BCUT2D eigenvalue weighted by Crippen LogP contribution is 2.33. The molecule has 0 aromatic carbocycles. The number of carboxylic acid groups (broad SMARTS) is 1. The van der Waals surface area contributed by atoms with Crippen LogP contribution in [0.25, 0.3) is 0 Å². The third kappa shape index (κ3) is 2.25. The minimum Gasteiger partial charge on any atom is -0.481 e. The third-order valence-electron chi connectivity index (χ3n) is 3.09. The van der Waals surface area contributed by atoms with E-state index < -0.39 is 11.4 Å². The fourth-order valence-electron chi connectivity index (χ4n) is 2.10. The van der Waals surface area contributed by atoms with Crippen LogP contribution in [0.15, 0.2) is 0 Å². The van der Waals surface area contributed by atoms with Crippen LogP contribution in [0.5, 0.6) is 0 Å². The van der Waals surface area contributed by atoms with Crippen molar-refractivity contribution in [2.75, 3.05) is 19.6 Å². The van der Waals surface area contributed by atoms with Gasteiger partial charge in [-0.2, -0.15) is 0 Å². The van der Waals surface area contributed by atoms with Gasteiger partial charge in [0.2, 0.25) is 0 Å². The van der Waals surface area contributed by atoms with Gasteiger partial charge < -0.3 is 10.2 Å². The smallest absolute Gasteiger partial charge is 0.310 e. The van der Waals surface area contributed by atoms with Gasteiger partial charge in [0.15, 0.2) is 0 Å². The van der Waals surface area contributed by atoms with Gasteiger partial charge in [0, 0.05) is 13.1 Å². The Morgan fingerprint density at radius 1 is 1.64 bits per heavy atom. The monoisotopic (exact) mass is 201 g/mol. The van der Waals surface area contributed by atoms with Gasteiger partial charge in [-0.25, -0.2) is 0 Å². The van der Waals surface area contributed by atoms with E-state index in [2.05, 4.69) is 0 Å². The zero-order valence-electron chi connectivity index (χ0n) is 8.86. The second-order valence-corrected chi connectivity index (χ2v) is 4.27. The summed E-state index contributed by atoms with van der Waals surface area (Å²) in [5, 5.41) is 18.3. The molecule has 1 fully saturated rings. The van der Waals surface area contributed by atoms with Gasteiger partial charge >= 0.3 is 5.97 Å². The molecule has 82 valence electrons. The molecule has 0 aliphatic carbocycles. The molecule has 0 aromatic heterocycles. The molecule has 4 nitrogen and oxygen atoms in total. The second-order valence-electron chi connectivity index (χ2n) is 4.27. The standard InChI is InChI=1S/C10H19NO3/c1-3-10(9(13)14)4-5-11(7-10)6-8(2)12/h8,12H,3-7H2,1-2H3,(H,13,14). The molecule has 14 heavy (non-hydrogen) atoms. The summed E-state index contributed by atoms with van der Waals surface area (Å²) >= 11 is 0. The Kier molecular flexibility index (Phi) is 3.50. The lowest BCUT2D eigenvalue weighted by molar-refractivity contribution is -0.148. The van der Waals surface area contributed by atoms with Crippen molar-refractivity contribution in [2.24, 2.45) is 5.41 Å². The maximum atomic E-state index is 11.1. The number of hydrogen-bond acceptors (Lipinski definition) is 3. The van der Waals surface area contributed by atoms with Crippen LogP contribution in [0, 0.1) is 5.41 Å². The van der Waals surface area contributed by atoms with Crippen LogP contribution >= 0.6 is 0 Å². The summed E-state index contributed by atoms with van der Waals surface area (Å²) < 4.78 is 0. The number of carbonyl (C=O) groups is 1. The molecule has 0 bridgehead atoms. The van der Waals surface area contributed by atoms with Crippen molar-refractivity contribution in [1.29, 1.82) is 0 Å². The number of β-amino-alcohol motifs (C(OH)–C–C–N with tert-alkyl or cyclic N) is 1. The average Bonchev–Trinajstić information content (AvgIpc) is 2.48. The van der Waals surface area contributed by atoms with Crippen molar-refractivity contribution in [3.8, 4) is 0 Å². The summed E-state index contributed by atoms with van der Waals surface area (Å²) in [5.74, 6) is -0.701. The van der Waals surface area contributed by atoms with E-state index in [1.165, 1.54) is 0 Å². The Balaban J connectivity index is 2.57. The molecular formula is C10H19NO3. The molecule has 4 heteroatoms. The van der Waals surface area contributed by atoms with Gasteiger partial charge in [-0.05, 0) is 26.3 Å². The van der Waals surface area contributed by atoms with Crippen LogP contribution in [0.4, 0.5) is 0 Å². The van der Waals surface area contributed by atoms with E-state index >= 15 is 0 Å². The molecule has 0 amide bonds. The summed E-state index contributed by atoms with van der Waals surface area (Å²) in [7, 11) is 0. The third-order valence-corrected chi connectivity index (χ3v) is 3.09. The van der Waals surface area contributed by atoms with Gasteiger partial charge in [-0.1, -0.05) is 6.92 Å². The second kappa shape index (κ2) is 4.28. The Labute approximate surface area is 84.5 Å². The number of aliphatic hydroxyl groups is 1.